The molecule has 2 aromatic heterocycles. The van der Waals surface area contributed by atoms with Gasteiger partial charge in [-0.3, -0.25) is 9.47 Å². The van der Waals surface area contributed by atoms with E-state index in [1.807, 2.05) is 84.1 Å². The van der Waals surface area contributed by atoms with E-state index in [-0.39, 0.29) is 11.7 Å². The lowest BCUT2D eigenvalue weighted by molar-refractivity contribution is -0.113. The maximum atomic E-state index is 12.6. The number of anilines is 1. The van der Waals surface area contributed by atoms with Crippen molar-refractivity contribution in [3.05, 3.63) is 78.1 Å². The summed E-state index contributed by atoms with van der Waals surface area (Å²) in [5.74, 6) is 1.44. The van der Waals surface area contributed by atoms with Gasteiger partial charge in [0.1, 0.15) is 5.75 Å². The Morgan fingerprint density at radius 3 is 2.45 bits per heavy atom. The quantitative estimate of drug-likeness (QED) is 0.437. The summed E-state index contributed by atoms with van der Waals surface area (Å²) in [6.07, 6.45) is 3.81. The lowest BCUT2D eigenvalue weighted by Crippen LogP contribution is -2.16. The summed E-state index contributed by atoms with van der Waals surface area (Å²) < 4.78 is 9.25. The molecule has 4 rings (SSSR count). The Kier molecular flexibility index (Phi) is 6.08. The molecule has 0 radical (unpaired) electrons. The van der Waals surface area contributed by atoms with Crippen LogP contribution in [0.25, 0.3) is 11.4 Å². The van der Waals surface area contributed by atoms with Crippen molar-refractivity contribution >= 4 is 23.4 Å². The van der Waals surface area contributed by atoms with Gasteiger partial charge >= 0.3 is 0 Å². The number of aromatic nitrogens is 4. The number of hydrogen-bond donors (Lipinski definition) is 1. The Hall–Kier alpha value is -3.52. The first-order valence-corrected chi connectivity index (χ1v) is 10.8. The van der Waals surface area contributed by atoms with Crippen LogP contribution in [0.4, 0.5) is 5.69 Å². The van der Waals surface area contributed by atoms with E-state index in [1.54, 1.807) is 7.11 Å². The van der Waals surface area contributed by atoms with Crippen molar-refractivity contribution in [1.82, 2.24) is 19.5 Å². The number of para-hydroxylation sites is 1. The molecule has 8 heteroatoms. The number of benzene rings is 2. The highest BCUT2D eigenvalue weighted by Crippen LogP contribution is 2.31. The SMILES string of the molecule is COc1ccccc1-c1nnc(SCC(=O)Nc2cc(C)cc(C)c2)n1-n1cccc1. The number of nitrogens with one attached hydrogen (secondary N) is 1. The summed E-state index contributed by atoms with van der Waals surface area (Å²) in [6.45, 7) is 4.02. The van der Waals surface area contributed by atoms with Crippen LogP contribution in [0.1, 0.15) is 11.1 Å². The largest absolute Gasteiger partial charge is 0.496 e. The number of aryl methyl sites for hydroxylation is 2. The van der Waals surface area contributed by atoms with Crippen molar-refractivity contribution in [2.24, 2.45) is 0 Å². The first kappa shape index (κ1) is 20.7. The number of amides is 1. The molecule has 0 bridgehead atoms. The van der Waals surface area contributed by atoms with Gasteiger partial charge in [-0.15, -0.1) is 10.2 Å². The van der Waals surface area contributed by atoms with E-state index in [0.29, 0.717) is 16.7 Å². The van der Waals surface area contributed by atoms with Gasteiger partial charge in [-0.05, 0) is 61.4 Å². The predicted molar refractivity (Wildman–Crippen MR) is 123 cm³/mol. The number of hydrogen-bond acceptors (Lipinski definition) is 5. The van der Waals surface area contributed by atoms with E-state index in [2.05, 4.69) is 21.6 Å². The zero-order chi connectivity index (χ0) is 21.8. The molecular weight excluding hydrogens is 410 g/mol. The molecule has 0 atom stereocenters. The molecule has 2 aromatic carbocycles. The van der Waals surface area contributed by atoms with Crippen molar-refractivity contribution in [2.75, 3.05) is 18.2 Å². The van der Waals surface area contributed by atoms with E-state index >= 15 is 0 Å². The van der Waals surface area contributed by atoms with Crippen LogP contribution in [0.5, 0.6) is 5.75 Å². The fourth-order valence-electron chi connectivity index (χ4n) is 3.39. The highest BCUT2D eigenvalue weighted by atomic mass is 32.2. The van der Waals surface area contributed by atoms with Crippen LogP contribution >= 0.6 is 11.8 Å². The van der Waals surface area contributed by atoms with Gasteiger partial charge in [0, 0.05) is 18.1 Å². The van der Waals surface area contributed by atoms with Crippen LogP contribution in [0.15, 0.2) is 72.1 Å². The van der Waals surface area contributed by atoms with Gasteiger partial charge in [0.05, 0.1) is 18.4 Å². The molecule has 7 nitrogen and oxygen atoms in total. The monoisotopic (exact) mass is 433 g/mol. The molecule has 2 heterocycles. The molecule has 1 amide bonds. The van der Waals surface area contributed by atoms with Crippen molar-refractivity contribution in [1.29, 1.82) is 0 Å². The van der Waals surface area contributed by atoms with Gasteiger partial charge in [0.2, 0.25) is 11.1 Å². The number of rotatable bonds is 7. The van der Waals surface area contributed by atoms with Crippen LogP contribution in [-0.4, -0.2) is 38.3 Å². The first-order chi connectivity index (χ1) is 15.0. The zero-order valence-electron chi connectivity index (χ0n) is 17.6. The maximum absolute atomic E-state index is 12.6. The topological polar surface area (TPSA) is 74.0 Å². The highest BCUT2D eigenvalue weighted by molar-refractivity contribution is 7.99. The number of nitrogens with zero attached hydrogens (tertiary/aromatic N) is 4. The van der Waals surface area contributed by atoms with Gasteiger partial charge in [-0.2, -0.15) is 0 Å². The zero-order valence-corrected chi connectivity index (χ0v) is 18.4. The van der Waals surface area contributed by atoms with Crippen LogP contribution in [0.2, 0.25) is 0 Å². The molecular formula is C23H23N5O2S. The Bertz CT molecular complexity index is 1180. The van der Waals surface area contributed by atoms with Crippen molar-refractivity contribution < 1.29 is 9.53 Å². The average Bonchev–Trinajstić information content (AvgIpc) is 3.41. The standard InChI is InChI=1S/C23H23N5O2S/c1-16-12-17(2)14-18(13-16)24-21(29)15-31-23-26-25-22(28(23)27-10-6-7-11-27)19-8-4-5-9-20(19)30-3/h4-14H,15H2,1-3H3,(H,24,29). The third-order valence-electron chi connectivity index (χ3n) is 4.62. The number of carbonyl (C=O) groups is 1. The normalized spacial score (nSPS) is 10.8. The lowest BCUT2D eigenvalue weighted by Gasteiger charge is -2.13. The number of methoxy groups -OCH3 is 1. The van der Waals surface area contributed by atoms with Gasteiger partial charge in [0.15, 0.2) is 5.82 Å². The molecule has 0 unspecified atom stereocenters. The molecule has 158 valence electrons. The summed E-state index contributed by atoms with van der Waals surface area (Å²) >= 11 is 1.33. The lowest BCUT2D eigenvalue weighted by atomic mass is 10.1. The summed E-state index contributed by atoms with van der Waals surface area (Å²) in [6, 6.07) is 17.5. The van der Waals surface area contributed by atoms with Gasteiger partial charge in [-0.25, -0.2) is 4.68 Å². The maximum Gasteiger partial charge on any atom is 0.234 e. The summed E-state index contributed by atoms with van der Waals surface area (Å²) in [4.78, 5) is 12.6. The van der Waals surface area contributed by atoms with E-state index in [9.17, 15) is 4.79 Å². The van der Waals surface area contributed by atoms with Gasteiger partial charge in [0.25, 0.3) is 0 Å². The molecule has 0 aliphatic heterocycles. The van der Waals surface area contributed by atoms with E-state index in [4.69, 9.17) is 4.74 Å². The Morgan fingerprint density at radius 2 is 1.74 bits per heavy atom. The fourth-order valence-corrected chi connectivity index (χ4v) is 4.13. The summed E-state index contributed by atoms with van der Waals surface area (Å²) in [7, 11) is 1.63. The number of carbonyl (C=O) groups excluding carboxylic acids is 1. The second kappa shape index (κ2) is 9.09. The molecule has 0 fully saturated rings. The van der Waals surface area contributed by atoms with E-state index < -0.39 is 0 Å². The number of thioether (sulfide) groups is 1. The third kappa shape index (κ3) is 4.64. The molecule has 31 heavy (non-hydrogen) atoms. The second-order valence-corrected chi connectivity index (χ2v) is 8.04. The summed E-state index contributed by atoms with van der Waals surface area (Å²) in [5.41, 5.74) is 3.83. The first-order valence-electron chi connectivity index (χ1n) is 9.78. The van der Waals surface area contributed by atoms with Crippen LogP contribution in [0.3, 0.4) is 0 Å². The minimum atomic E-state index is -0.101. The van der Waals surface area contributed by atoms with E-state index in [0.717, 1.165) is 22.4 Å². The van der Waals surface area contributed by atoms with Crippen molar-refractivity contribution in [2.45, 2.75) is 19.0 Å². The smallest absolute Gasteiger partial charge is 0.234 e. The molecule has 0 saturated heterocycles. The minimum absolute atomic E-state index is 0.101. The minimum Gasteiger partial charge on any atom is -0.496 e. The molecule has 0 aliphatic rings. The third-order valence-corrected chi connectivity index (χ3v) is 5.54. The van der Waals surface area contributed by atoms with Crippen LogP contribution in [-0.2, 0) is 4.79 Å². The average molecular weight is 434 g/mol. The molecule has 0 aliphatic carbocycles. The van der Waals surface area contributed by atoms with Gasteiger partial charge in [-0.1, -0.05) is 30.0 Å². The highest BCUT2D eigenvalue weighted by Gasteiger charge is 2.19. The predicted octanol–water partition coefficient (Wildman–Crippen LogP) is 4.41. The van der Waals surface area contributed by atoms with Gasteiger partial charge < -0.3 is 10.1 Å². The molecule has 4 aromatic rings. The Labute approximate surface area is 185 Å². The molecule has 0 spiro atoms. The van der Waals surface area contributed by atoms with Crippen molar-refractivity contribution in [3.63, 3.8) is 0 Å². The summed E-state index contributed by atoms with van der Waals surface area (Å²) in [5, 5.41) is 12.3. The Morgan fingerprint density at radius 1 is 1.03 bits per heavy atom. The molecule has 0 saturated carbocycles. The Balaban J connectivity index is 1.59. The van der Waals surface area contributed by atoms with Crippen molar-refractivity contribution in [3.8, 4) is 17.1 Å². The fraction of sp³-hybridized carbons (Fsp3) is 0.174. The van der Waals surface area contributed by atoms with Crippen LogP contribution in [0, 0.1) is 13.8 Å². The molecule has 1 N–H and O–H groups in total. The van der Waals surface area contributed by atoms with Crippen LogP contribution < -0.4 is 10.1 Å². The second-order valence-electron chi connectivity index (χ2n) is 7.09. The van der Waals surface area contributed by atoms with E-state index in [1.165, 1.54) is 11.8 Å². The number of ether oxygens (including phenoxy) is 1.